The van der Waals surface area contributed by atoms with Crippen LogP contribution in [-0.2, 0) is 4.79 Å². The van der Waals surface area contributed by atoms with Gasteiger partial charge in [0, 0.05) is 24.7 Å². The van der Waals surface area contributed by atoms with Crippen molar-refractivity contribution in [2.75, 3.05) is 19.6 Å². The molecular formula is C18H19F3N2O. The maximum atomic E-state index is 12.5. The fraction of sp³-hybridized carbons (Fsp3) is 0.500. The first-order chi connectivity index (χ1) is 11.4. The van der Waals surface area contributed by atoms with Crippen molar-refractivity contribution in [1.82, 2.24) is 10.2 Å². The highest BCUT2D eigenvalue weighted by Gasteiger charge is 2.36. The van der Waals surface area contributed by atoms with Gasteiger partial charge < -0.3 is 10.2 Å². The molecule has 1 N–H and O–H groups in total. The van der Waals surface area contributed by atoms with Gasteiger partial charge in [-0.15, -0.1) is 0 Å². The van der Waals surface area contributed by atoms with E-state index in [4.69, 9.17) is 0 Å². The highest BCUT2D eigenvalue weighted by molar-refractivity contribution is 6.02. The molecule has 1 atom stereocenters. The summed E-state index contributed by atoms with van der Waals surface area (Å²) in [5.41, 5.74) is 5.54. The molecule has 3 nitrogen and oxygen atoms in total. The average Bonchev–Trinajstić information content (AvgIpc) is 3.00. The van der Waals surface area contributed by atoms with Gasteiger partial charge in [0.15, 0.2) is 0 Å². The first-order valence-electron chi connectivity index (χ1n) is 8.37. The number of hydrogen-bond acceptors (Lipinski definition) is 2. The summed E-state index contributed by atoms with van der Waals surface area (Å²) in [7, 11) is 0. The standard InChI is InChI=1S/C18H19F3N2O/c19-18(20,21)5-7-23-6-1-2-12(10-23)22-17(24)14-4-3-13-15-8-11(15)9-16(13)14/h3-4,9,12H,1-2,5-8,10H2,(H,22,24)/t12-/m0/s1. The number of likely N-dealkylation sites (tertiary alicyclic amines) is 1. The lowest BCUT2D eigenvalue weighted by atomic mass is 10.0. The van der Waals surface area contributed by atoms with Crippen LogP contribution in [0.15, 0.2) is 46.1 Å². The number of amides is 1. The molecule has 1 saturated carbocycles. The van der Waals surface area contributed by atoms with Crippen molar-refractivity contribution in [2.45, 2.75) is 37.9 Å². The van der Waals surface area contributed by atoms with Crippen molar-refractivity contribution in [3.8, 4) is 0 Å². The number of hydrogen-bond donors (Lipinski definition) is 1. The van der Waals surface area contributed by atoms with E-state index < -0.39 is 12.6 Å². The van der Waals surface area contributed by atoms with Gasteiger partial charge in [0.1, 0.15) is 0 Å². The average molecular weight is 336 g/mol. The summed E-state index contributed by atoms with van der Waals surface area (Å²) >= 11 is 0. The maximum absolute atomic E-state index is 12.5. The van der Waals surface area contributed by atoms with Crippen LogP contribution in [-0.4, -0.2) is 42.7 Å². The van der Waals surface area contributed by atoms with Crippen LogP contribution < -0.4 is 5.32 Å². The molecule has 1 amide bonds. The second-order valence-corrected chi connectivity index (χ2v) is 6.88. The van der Waals surface area contributed by atoms with Crippen LogP contribution in [0, 0.1) is 0 Å². The highest BCUT2D eigenvalue weighted by atomic mass is 19.4. The molecule has 0 aromatic heterocycles. The largest absolute Gasteiger partial charge is 0.390 e. The number of carbonyl (C=O) groups excluding carboxylic acids is 1. The Labute approximate surface area is 138 Å². The van der Waals surface area contributed by atoms with Gasteiger partial charge >= 0.3 is 6.18 Å². The molecule has 1 heterocycles. The van der Waals surface area contributed by atoms with Gasteiger partial charge in [-0.25, -0.2) is 0 Å². The molecule has 24 heavy (non-hydrogen) atoms. The molecule has 1 aliphatic heterocycles. The summed E-state index contributed by atoms with van der Waals surface area (Å²) in [4.78, 5) is 14.3. The van der Waals surface area contributed by atoms with Gasteiger partial charge in [-0.2, -0.15) is 13.2 Å². The molecule has 1 saturated heterocycles. The van der Waals surface area contributed by atoms with Gasteiger partial charge in [-0.1, -0.05) is 6.08 Å². The van der Waals surface area contributed by atoms with Crippen LogP contribution in [0.4, 0.5) is 13.2 Å². The number of carbonyl (C=O) groups is 1. The summed E-state index contributed by atoms with van der Waals surface area (Å²) < 4.78 is 37.1. The first-order valence-corrected chi connectivity index (χ1v) is 8.37. The molecule has 0 spiro atoms. The number of nitrogens with one attached hydrogen (secondary N) is 1. The zero-order valence-electron chi connectivity index (χ0n) is 13.2. The number of rotatable bonds is 4. The Kier molecular flexibility index (Phi) is 3.67. The van der Waals surface area contributed by atoms with E-state index in [2.05, 4.69) is 11.4 Å². The SMILES string of the molecule is O=C(N[C@H]1CCCN(CCC(F)(F)F)C1)C1=C2C=C3CC3=C2C=C1. The Morgan fingerprint density at radius 1 is 1.29 bits per heavy atom. The van der Waals surface area contributed by atoms with E-state index in [-0.39, 0.29) is 18.5 Å². The first kappa shape index (κ1) is 15.7. The molecule has 4 aliphatic rings. The maximum Gasteiger partial charge on any atom is 0.390 e. The molecule has 0 aromatic carbocycles. The molecule has 0 unspecified atom stereocenters. The van der Waals surface area contributed by atoms with Crippen LogP contribution in [0.1, 0.15) is 25.7 Å². The van der Waals surface area contributed by atoms with Crippen molar-refractivity contribution in [3.05, 3.63) is 46.1 Å². The summed E-state index contributed by atoms with van der Waals surface area (Å²) in [6.07, 6.45) is 3.66. The van der Waals surface area contributed by atoms with E-state index in [1.54, 1.807) is 4.90 Å². The van der Waals surface area contributed by atoms with Gasteiger partial charge in [0.2, 0.25) is 0 Å². The zero-order valence-corrected chi connectivity index (χ0v) is 13.2. The smallest absolute Gasteiger partial charge is 0.348 e. The van der Waals surface area contributed by atoms with Crippen molar-refractivity contribution < 1.29 is 18.0 Å². The van der Waals surface area contributed by atoms with E-state index in [1.165, 1.54) is 16.7 Å². The third-order valence-electron chi connectivity index (χ3n) is 5.07. The zero-order chi connectivity index (χ0) is 16.9. The van der Waals surface area contributed by atoms with Crippen LogP contribution in [0.3, 0.4) is 0 Å². The summed E-state index contributed by atoms with van der Waals surface area (Å²) in [6.45, 7) is 1.16. The number of allylic oxidation sites excluding steroid dienone is 6. The molecular weight excluding hydrogens is 317 g/mol. The summed E-state index contributed by atoms with van der Waals surface area (Å²) in [6, 6.07) is -0.0822. The Bertz CT molecular complexity index is 712. The lowest BCUT2D eigenvalue weighted by Gasteiger charge is -2.33. The predicted octanol–water partition coefficient (Wildman–Crippen LogP) is 3.03. The molecule has 0 aromatic rings. The highest BCUT2D eigenvalue weighted by Crippen LogP contribution is 2.51. The van der Waals surface area contributed by atoms with Crippen molar-refractivity contribution in [3.63, 3.8) is 0 Å². The van der Waals surface area contributed by atoms with E-state index in [9.17, 15) is 18.0 Å². The van der Waals surface area contributed by atoms with Gasteiger partial charge in [-0.05, 0) is 60.3 Å². The van der Waals surface area contributed by atoms with Gasteiger partial charge in [0.05, 0.1) is 6.42 Å². The molecule has 2 fully saturated rings. The number of halogens is 3. The lowest BCUT2D eigenvalue weighted by molar-refractivity contribution is -0.138. The fourth-order valence-corrected chi connectivity index (χ4v) is 3.76. The van der Waals surface area contributed by atoms with E-state index in [0.29, 0.717) is 18.7 Å². The third kappa shape index (κ3) is 3.07. The molecule has 3 aliphatic carbocycles. The number of piperidine rings is 1. The quantitative estimate of drug-likeness (QED) is 0.856. The van der Waals surface area contributed by atoms with E-state index in [0.717, 1.165) is 24.8 Å². The minimum absolute atomic E-state index is 0.00602. The Morgan fingerprint density at radius 2 is 2.12 bits per heavy atom. The van der Waals surface area contributed by atoms with Crippen LogP contribution >= 0.6 is 0 Å². The minimum atomic E-state index is -4.13. The molecule has 4 rings (SSSR count). The van der Waals surface area contributed by atoms with Crippen molar-refractivity contribution in [2.24, 2.45) is 0 Å². The van der Waals surface area contributed by atoms with E-state index in [1.807, 2.05) is 12.2 Å². The number of fused-ring (bicyclic) bond motifs is 2. The Hall–Kier alpha value is -1.82. The molecule has 0 radical (unpaired) electrons. The second-order valence-electron chi connectivity index (χ2n) is 6.88. The Balaban J connectivity index is 1.35. The van der Waals surface area contributed by atoms with Gasteiger partial charge in [-0.3, -0.25) is 4.79 Å². The topological polar surface area (TPSA) is 32.3 Å². The minimum Gasteiger partial charge on any atom is -0.348 e. The van der Waals surface area contributed by atoms with Crippen molar-refractivity contribution in [1.29, 1.82) is 0 Å². The van der Waals surface area contributed by atoms with Crippen LogP contribution in [0.25, 0.3) is 0 Å². The normalized spacial score (nSPS) is 25.8. The van der Waals surface area contributed by atoms with E-state index >= 15 is 0 Å². The third-order valence-corrected chi connectivity index (χ3v) is 5.07. The van der Waals surface area contributed by atoms with Crippen molar-refractivity contribution >= 4 is 5.91 Å². The fourth-order valence-electron chi connectivity index (χ4n) is 3.76. The number of nitrogens with zero attached hydrogens (tertiary/aromatic N) is 1. The monoisotopic (exact) mass is 336 g/mol. The predicted molar refractivity (Wildman–Crippen MR) is 84.2 cm³/mol. The van der Waals surface area contributed by atoms with Gasteiger partial charge in [0.25, 0.3) is 5.91 Å². The Morgan fingerprint density at radius 3 is 2.92 bits per heavy atom. The lowest BCUT2D eigenvalue weighted by Crippen LogP contribution is -2.48. The molecule has 0 bridgehead atoms. The second kappa shape index (κ2) is 5.62. The summed E-state index contributed by atoms with van der Waals surface area (Å²) in [5.74, 6) is -0.113. The molecule has 6 heteroatoms. The number of alkyl halides is 3. The van der Waals surface area contributed by atoms with Crippen LogP contribution in [0.2, 0.25) is 0 Å². The van der Waals surface area contributed by atoms with Crippen LogP contribution in [0.5, 0.6) is 0 Å². The molecule has 128 valence electrons. The summed E-state index contributed by atoms with van der Waals surface area (Å²) in [5, 5.41) is 3.01.